The lowest BCUT2D eigenvalue weighted by Crippen LogP contribution is -2.23. The zero-order valence-electron chi connectivity index (χ0n) is 11.6. The predicted molar refractivity (Wildman–Crippen MR) is 79.8 cm³/mol. The average Bonchev–Trinajstić information content (AvgIpc) is 2.89. The lowest BCUT2D eigenvalue weighted by atomic mass is 10.2. The summed E-state index contributed by atoms with van der Waals surface area (Å²) in [6.07, 6.45) is 0. The summed E-state index contributed by atoms with van der Waals surface area (Å²) in [5.41, 5.74) is 5.91. The summed E-state index contributed by atoms with van der Waals surface area (Å²) in [6, 6.07) is 9.93. The van der Waals surface area contributed by atoms with E-state index in [0.717, 1.165) is 5.76 Å². The molecule has 0 radical (unpaired) electrons. The van der Waals surface area contributed by atoms with Crippen LogP contribution in [0.5, 0.6) is 0 Å². The van der Waals surface area contributed by atoms with Crippen LogP contribution < -0.4 is 10.5 Å². The van der Waals surface area contributed by atoms with Crippen LogP contribution in [0.1, 0.15) is 17.1 Å². The molecule has 0 atom stereocenters. The van der Waals surface area contributed by atoms with Crippen LogP contribution in [0.3, 0.4) is 0 Å². The number of rotatable bonds is 4. The molecule has 0 amide bonds. The molecule has 1 heterocycles. The summed E-state index contributed by atoms with van der Waals surface area (Å²) >= 11 is 0. The van der Waals surface area contributed by atoms with Gasteiger partial charge in [0.15, 0.2) is 0 Å². The van der Waals surface area contributed by atoms with Crippen molar-refractivity contribution in [3.8, 4) is 11.8 Å². The van der Waals surface area contributed by atoms with E-state index in [0.29, 0.717) is 11.3 Å². The second-order valence-corrected chi connectivity index (χ2v) is 6.14. The van der Waals surface area contributed by atoms with Crippen molar-refractivity contribution in [2.75, 3.05) is 6.54 Å². The van der Waals surface area contributed by atoms with Crippen molar-refractivity contribution in [1.82, 2.24) is 4.72 Å². The first-order chi connectivity index (χ1) is 10.0. The number of hydrogen-bond acceptors (Lipinski definition) is 4. The van der Waals surface area contributed by atoms with Crippen LogP contribution in [-0.2, 0) is 16.6 Å². The number of nitrogens with two attached hydrogens (primary N) is 1. The van der Waals surface area contributed by atoms with Crippen LogP contribution in [0.2, 0.25) is 0 Å². The second kappa shape index (κ2) is 6.59. The number of aryl methyl sites for hydroxylation is 1. The molecule has 0 aliphatic heterocycles. The molecule has 2 rings (SSSR count). The van der Waals surface area contributed by atoms with Gasteiger partial charge in [-0.05, 0) is 37.3 Å². The Kier molecular flexibility index (Phi) is 4.81. The molecule has 6 heteroatoms. The highest BCUT2D eigenvalue weighted by Crippen LogP contribution is 2.12. The molecule has 0 saturated heterocycles. The van der Waals surface area contributed by atoms with E-state index in [-0.39, 0.29) is 18.0 Å². The molecule has 0 saturated carbocycles. The van der Waals surface area contributed by atoms with E-state index < -0.39 is 10.0 Å². The van der Waals surface area contributed by atoms with Crippen LogP contribution in [0.4, 0.5) is 0 Å². The minimum Gasteiger partial charge on any atom is -0.465 e. The van der Waals surface area contributed by atoms with Gasteiger partial charge in [-0.25, -0.2) is 13.1 Å². The van der Waals surface area contributed by atoms with Gasteiger partial charge in [0.2, 0.25) is 10.0 Å². The zero-order valence-corrected chi connectivity index (χ0v) is 12.4. The van der Waals surface area contributed by atoms with Gasteiger partial charge in [0, 0.05) is 5.56 Å². The van der Waals surface area contributed by atoms with Gasteiger partial charge < -0.3 is 10.2 Å². The summed E-state index contributed by atoms with van der Waals surface area (Å²) in [4.78, 5) is 0.162. The Bertz CT molecular complexity index is 782. The van der Waals surface area contributed by atoms with Gasteiger partial charge >= 0.3 is 0 Å². The second-order valence-electron chi connectivity index (χ2n) is 4.37. The van der Waals surface area contributed by atoms with Crippen LogP contribution in [0, 0.1) is 18.8 Å². The monoisotopic (exact) mass is 304 g/mol. The average molecular weight is 304 g/mol. The highest BCUT2D eigenvalue weighted by Gasteiger charge is 2.14. The van der Waals surface area contributed by atoms with Gasteiger partial charge in [0.05, 0.1) is 18.0 Å². The number of sulfonamides is 1. The fourth-order valence-corrected chi connectivity index (χ4v) is 2.76. The molecule has 3 N–H and O–H groups in total. The van der Waals surface area contributed by atoms with Crippen molar-refractivity contribution in [3.05, 3.63) is 53.5 Å². The summed E-state index contributed by atoms with van der Waals surface area (Å²) in [5.74, 6) is 6.80. The molecule has 0 aliphatic rings. The Hall–Kier alpha value is -2.07. The molecule has 0 fully saturated rings. The first kappa shape index (κ1) is 15.3. The maximum absolute atomic E-state index is 12.2. The van der Waals surface area contributed by atoms with E-state index in [4.69, 9.17) is 10.2 Å². The van der Waals surface area contributed by atoms with E-state index in [1.54, 1.807) is 31.2 Å². The van der Waals surface area contributed by atoms with Gasteiger partial charge in [0.25, 0.3) is 0 Å². The third-order valence-corrected chi connectivity index (χ3v) is 4.11. The molecule has 0 bridgehead atoms. The van der Waals surface area contributed by atoms with Gasteiger partial charge in [-0.2, -0.15) is 0 Å². The molecule has 0 spiro atoms. The third kappa shape index (κ3) is 4.20. The lowest BCUT2D eigenvalue weighted by molar-refractivity contribution is 0.475. The fourth-order valence-electron chi connectivity index (χ4n) is 1.72. The van der Waals surface area contributed by atoms with E-state index >= 15 is 0 Å². The van der Waals surface area contributed by atoms with Gasteiger partial charge in [-0.3, -0.25) is 0 Å². The van der Waals surface area contributed by atoms with Crippen LogP contribution >= 0.6 is 0 Å². The van der Waals surface area contributed by atoms with E-state index in [9.17, 15) is 8.42 Å². The minimum absolute atomic E-state index is 0.106. The molecule has 110 valence electrons. The number of furan rings is 1. The van der Waals surface area contributed by atoms with Crippen LogP contribution in [-0.4, -0.2) is 15.0 Å². The molecule has 1 aromatic heterocycles. The highest BCUT2D eigenvalue weighted by atomic mass is 32.2. The summed E-state index contributed by atoms with van der Waals surface area (Å²) in [7, 11) is -3.61. The smallest absolute Gasteiger partial charge is 0.241 e. The Morgan fingerprint density at radius 2 is 2.10 bits per heavy atom. The molecule has 21 heavy (non-hydrogen) atoms. The largest absolute Gasteiger partial charge is 0.465 e. The Balaban J connectivity index is 2.15. The van der Waals surface area contributed by atoms with Crippen molar-refractivity contribution >= 4 is 10.0 Å². The lowest BCUT2D eigenvalue weighted by Gasteiger charge is -2.05. The molecular weight excluding hydrogens is 288 g/mol. The maximum atomic E-state index is 12.2. The van der Waals surface area contributed by atoms with E-state index in [1.807, 2.05) is 0 Å². The summed E-state index contributed by atoms with van der Waals surface area (Å²) in [6.45, 7) is 2.14. The van der Waals surface area contributed by atoms with E-state index in [2.05, 4.69) is 16.6 Å². The van der Waals surface area contributed by atoms with Crippen molar-refractivity contribution in [2.45, 2.75) is 18.4 Å². The predicted octanol–water partition coefficient (Wildman–Crippen LogP) is 1.38. The molecular formula is C15H16N2O3S. The maximum Gasteiger partial charge on any atom is 0.241 e. The van der Waals surface area contributed by atoms with Crippen molar-refractivity contribution in [2.24, 2.45) is 5.73 Å². The Morgan fingerprint density at radius 3 is 2.76 bits per heavy atom. The zero-order chi connectivity index (χ0) is 15.3. The van der Waals surface area contributed by atoms with Crippen LogP contribution in [0.15, 0.2) is 45.7 Å². The quantitative estimate of drug-likeness (QED) is 0.836. The number of hydrogen-bond donors (Lipinski definition) is 2. The molecule has 0 unspecified atom stereocenters. The summed E-state index contributed by atoms with van der Waals surface area (Å²) in [5, 5.41) is 0. The van der Waals surface area contributed by atoms with Crippen molar-refractivity contribution in [1.29, 1.82) is 0 Å². The van der Waals surface area contributed by atoms with Crippen molar-refractivity contribution < 1.29 is 12.8 Å². The fraction of sp³-hybridized carbons (Fsp3) is 0.200. The SMILES string of the molecule is Cc1ccc(CNS(=O)(=O)c2cccc(C#CCN)c2)o1. The van der Waals surface area contributed by atoms with E-state index in [1.165, 1.54) is 12.1 Å². The molecule has 0 aliphatic carbocycles. The number of benzene rings is 1. The normalized spacial score (nSPS) is 11.0. The molecule has 2 aromatic rings. The Labute approximate surface area is 124 Å². The van der Waals surface area contributed by atoms with Gasteiger partial charge in [-0.1, -0.05) is 17.9 Å². The highest BCUT2D eigenvalue weighted by molar-refractivity contribution is 7.89. The summed E-state index contributed by atoms with van der Waals surface area (Å²) < 4.78 is 32.2. The first-order valence-electron chi connectivity index (χ1n) is 6.35. The standard InChI is InChI=1S/C15H16N2O3S/c1-12-7-8-14(20-12)11-17-21(18,19)15-6-2-4-13(10-15)5-3-9-16/h2,4,6-8,10,17H,9,11,16H2,1H3. The Morgan fingerprint density at radius 1 is 1.29 bits per heavy atom. The molecule has 5 nitrogen and oxygen atoms in total. The van der Waals surface area contributed by atoms with Crippen molar-refractivity contribution in [3.63, 3.8) is 0 Å². The molecule has 1 aromatic carbocycles. The third-order valence-electron chi connectivity index (χ3n) is 2.71. The first-order valence-corrected chi connectivity index (χ1v) is 7.83. The van der Waals surface area contributed by atoms with Crippen LogP contribution in [0.25, 0.3) is 0 Å². The van der Waals surface area contributed by atoms with Gasteiger partial charge in [-0.15, -0.1) is 0 Å². The number of nitrogens with one attached hydrogen (secondary N) is 1. The van der Waals surface area contributed by atoms with Gasteiger partial charge in [0.1, 0.15) is 11.5 Å². The minimum atomic E-state index is -3.61. The topological polar surface area (TPSA) is 85.3 Å².